The van der Waals surface area contributed by atoms with Crippen molar-refractivity contribution >= 4 is 29.2 Å². The SMILES string of the molecule is CC1CCCN(CC(Cl)=CCl)C1C(=O)O. The third-order valence-electron chi connectivity index (χ3n) is 2.76. The molecule has 1 heterocycles. The van der Waals surface area contributed by atoms with Gasteiger partial charge < -0.3 is 5.11 Å². The lowest BCUT2D eigenvalue weighted by Crippen LogP contribution is -2.49. The second-order valence-corrected chi connectivity index (χ2v) is 4.63. The topological polar surface area (TPSA) is 40.5 Å². The molecule has 0 aromatic carbocycles. The first-order valence-electron chi connectivity index (χ1n) is 4.98. The van der Waals surface area contributed by atoms with Crippen LogP contribution in [0, 0.1) is 5.92 Å². The zero-order valence-corrected chi connectivity index (χ0v) is 10.1. The van der Waals surface area contributed by atoms with E-state index in [1.54, 1.807) is 0 Å². The molecular weight excluding hydrogens is 237 g/mol. The number of carboxylic acid groups (broad SMARTS) is 1. The molecule has 1 aliphatic heterocycles. The van der Waals surface area contributed by atoms with Crippen molar-refractivity contribution in [1.82, 2.24) is 4.90 Å². The summed E-state index contributed by atoms with van der Waals surface area (Å²) in [6, 6.07) is -0.441. The fourth-order valence-electron chi connectivity index (χ4n) is 2.08. The van der Waals surface area contributed by atoms with Crippen molar-refractivity contribution in [3.05, 3.63) is 10.6 Å². The molecule has 0 aromatic heterocycles. The van der Waals surface area contributed by atoms with Crippen LogP contribution in [0.4, 0.5) is 0 Å². The van der Waals surface area contributed by atoms with E-state index in [0.717, 1.165) is 19.4 Å². The molecule has 0 amide bonds. The summed E-state index contributed by atoms with van der Waals surface area (Å²) in [4.78, 5) is 13.0. The van der Waals surface area contributed by atoms with Gasteiger partial charge >= 0.3 is 5.97 Å². The van der Waals surface area contributed by atoms with Crippen LogP contribution in [0.1, 0.15) is 19.8 Å². The van der Waals surface area contributed by atoms with E-state index < -0.39 is 12.0 Å². The first-order valence-corrected chi connectivity index (χ1v) is 5.79. The largest absolute Gasteiger partial charge is 0.480 e. The third kappa shape index (κ3) is 3.37. The number of nitrogens with zero attached hydrogens (tertiary/aromatic N) is 1. The lowest BCUT2D eigenvalue weighted by molar-refractivity contribution is -0.146. The third-order valence-corrected chi connectivity index (χ3v) is 3.37. The van der Waals surface area contributed by atoms with Gasteiger partial charge in [-0.15, -0.1) is 0 Å². The maximum Gasteiger partial charge on any atom is 0.321 e. The Morgan fingerprint density at radius 3 is 2.87 bits per heavy atom. The second-order valence-electron chi connectivity index (χ2n) is 3.93. The van der Waals surface area contributed by atoms with E-state index >= 15 is 0 Å². The summed E-state index contributed by atoms with van der Waals surface area (Å²) in [7, 11) is 0. The van der Waals surface area contributed by atoms with Crippen molar-refractivity contribution in [3.8, 4) is 0 Å². The van der Waals surface area contributed by atoms with Gasteiger partial charge in [-0.3, -0.25) is 9.69 Å². The van der Waals surface area contributed by atoms with Crippen LogP contribution in [-0.4, -0.2) is 35.1 Å². The summed E-state index contributed by atoms with van der Waals surface area (Å²) in [5.74, 6) is -0.614. The summed E-state index contributed by atoms with van der Waals surface area (Å²) in [6.45, 7) is 3.15. The van der Waals surface area contributed by atoms with Gasteiger partial charge in [0, 0.05) is 17.1 Å². The quantitative estimate of drug-likeness (QED) is 0.838. The second kappa shape index (κ2) is 5.73. The maximum atomic E-state index is 11.1. The highest BCUT2D eigenvalue weighted by Gasteiger charge is 2.34. The Labute approximate surface area is 99.7 Å². The lowest BCUT2D eigenvalue weighted by atomic mass is 9.91. The molecule has 0 spiro atoms. The number of hydrogen-bond donors (Lipinski definition) is 1. The fourth-order valence-corrected chi connectivity index (χ4v) is 2.30. The summed E-state index contributed by atoms with van der Waals surface area (Å²) in [5, 5.41) is 9.61. The number of rotatable bonds is 3. The standard InChI is InChI=1S/C10H15Cl2NO2/c1-7-3-2-4-13(6-8(12)5-11)9(7)10(14)15/h5,7,9H,2-4,6H2,1H3,(H,14,15). The van der Waals surface area contributed by atoms with Gasteiger partial charge in [-0.05, 0) is 25.3 Å². The minimum atomic E-state index is -0.777. The van der Waals surface area contributed by atoms with Crippen LogP contribution in [0.2, 0.25) is 0 Å². The van der Waals surface area contributed by atoms with Gasteiger partial charge in [-0.25, -0.2) is 0 Å². The molecule has 1 fully saturated rings. The molecule has 5 heteroatoms. The zero-order chi connectivity index (χ0) is 11.4. The summed E-state index contributed by atoms with van der Waals surface area (Å²) in [5.41, 5.74) is 1.29. The highest BCUT2D eigenvalue weighted by atomic mass is 35.5. The molecule has 0 saturated carbocycles. The Morgan fingerprint density at radius 1 is 1.67 bits per heavy atom. The number of carbonyl (C=O) groups is 1. The molecule has 86 valence electrons. The number of likely N-dealkylation sites (tertiary alicyclic amines) is 1. The summed E-state index contributed by atoms with van der Waals surface area (Å²) >= 11 is 11.3. The van der Waals surface area contributed by atoms with Crippen molar-refractivity contribution in [2.45, 2.75) is 25.8 Å². The molecule has 1 saturated heterocycles. The average molecular weight is 252 g/mol. The Kier molecular flexibility index (Phi) is 4.90. The molecule has 0 aromatic rings. The molecule has 1 rings (SSSR count). The van der Waals surface area contributed by atoms with Gasteiger partial charge in [0.25, 0.3) is 0 Å². The Balaban J connectivity index is 2.71. The smallest absolute Gasteiger partial charge is 0.321 e. The molecule has 1 aliphatic rings. The zero-order valence-electron chi connectivity index (χ0n) is 8.62. The number of aliphatic carboxylic acids is 1. The van der Waals surface area contributed by atoms with E-state index in [2.05, 4.69) is 0 Å². The first-order chi connectivity index (χ1) is 7.06. The number of hydrogen-bond acceptors (Lipinski definition) is 2. The molecule has 2 unspecified atom stereocenters. The Bertz CT molecular complexity index is 268. The van der Waals surface area contributed by atoms with Gasteiger partial charge in [0.05, 0.1) is 0 Å². The molecule has 3 nitrogen and oxygen atoms in total. The van der Waals surface area contributed by atoms with Crippen LogP contribution < -0.4 is 0 Å². The molecule has 15 heavy (non-hydrogen) atoms. The van der Waals surface area contributed by atoms with Crippen molar-refractivity contribution in [2.24, 2.45) is 5.92 Å². The van der Waals surface area contributed by atoms with Gasteiger partial charge in [-0.1, -0.05) is 30.1 Å². The van der Waals surface area contributed by atoms with Gasteiger partial charge in [-0.2, -0.15) is 0 Å². The molecule has 0 aliphatic carbocycles. The fraction of sp³-hybridized carbons (Fsp3) is 0.700. The van der Waals surface area contributed by atoms with Crippen LogP contribution in [0.25, 0.3) is 0 Å². The molecular formula is C10H15Cl2NO2. The predicted octanol–water partition coefficient (Wildman–Crippen LogP) is 2.49. The van der Waals surface area contributed by atoms with Gasteiger partial charge in [0.15, 0.2) is 0 Å². The molecule has 0 radical (unpaired) electrons. The van der Waals surface area contributed by atoms with Crippen LogP contribution >= 0.6 is 23.2 Å². The highest BCUT2D eigenvalue weighted by Crippen LogP contribution is 2.24. The lowest BCUT2D eigenvalue weighted by Gasteiger charge is -2.36. The number of carboxylic acids is 1. The van der Waals surface area contributed by atoms with Gasteiger partial charge in [0.1, 0.15) is 6.04 Å². The molecule has 0 bridgehead atoms. The first kappa shape index (κ1) is 12.8. The van der Waals surface area contributed by atoms with Crippen molar-refractivity contribution < 1.29 is 9.90 Å². The minimum absolute atomic E-state index is 0.163. The van der Waals surface area contributed by atoms with Crippen molar-refractivity contribution in [1.29, 1.82) is 0 Å². The van der Waals surface area contributed by atoms with Crippen molar-refractivity contribution in [3.63, 3.8) is 0 Å². The van der Waals surface area contributed by atoms with E-state index in [-0.39, 0.29) is 5.92 Å². The average Bonchev–Trinajstić information content (AvgIpc) is 2.17. The highest BCUT2D eigenvalue weighted by molar-refractivity contribution is 6.36. The van der Waals surface area contributed by atoms with Crippen LogP contribution in [-0.2, 0) is 4.79 Å². The molecule has 2 atom stereocenters. The van der Waals surface area contributed by atoms with Crippen LogP contribution in [0.3, 0.4) is 0 Å². The maximum absolute atomic E-state index is 11.1. The number of halogens is 2. The van der Waals surface area contributed by atoms with E-state index in [1.807, 2.05) is 11.8 Å². The predicted molar refractivity (Wildman–Crippen MR) is 61.2 cm³/mol. The van der Waals surface area contributed by atoms with E-state index in [9.17, 15) is 4.79 Å². The number of piperidine rings is 1. The Hall–Kier alpha value is -0.250. The summed E-state index contributed by atoms with van der Waals surface area (Å²) < 4.78 is 0. The van der Waals surface area contributed by atoms with Gasteiger partial charge in [0.2, 0.25) is 0 Å². The van der Waals surface area contributed by atoms with Crippen LogP contribution in [0.15, 0.2) is 10.6 Å². The van der Waals surface area contributed by atoms with E-state index in [0.29, 0.717) is 11.6 Å². The minimum Gasteiger partial charge on any atom is -0.480 e. The van der Waals surface area contributed by atoms with E-state index in [1.165, 1.54) is 5.54 Å². The van der Waals surface area contributed by atoms with Crippen LogP contribution in [0.5, 0.6) is 0 Å². The van der Waals surface area contributed by atoms with Crippen molar-refractivity contribution in [2.75, 3.05) is 13.1 Å². The normalized spacial score (nSPS) is 29.1. The Morgan fingerprint density at radius 2 is 2.33 bits per heavy atom. The molecule has 1 N–H and O–H groups in total. The van der Waals surface area contributed by atoms with E-state index in [4.69, 9.17) is 28.3 Å². The monoisotopic (exact) mass is 251 g/mol. The summed E-state index contributed by atoms with van der Waals surface area (Å²) in [6.07, 6.45) is 1.97.